The highest BCUT2D eigenvalue weighted by molar-refractivity contribution is 5.88. The molecule has 1 aromatic carbocycles. The fraction of sp³-hybridized carbons (Fsp3) is 0.526. The Balaban J connectivity index is 1.83. The molecule has 0 spiro atoms. The third-order valence-corrected chi connectivity index (χ3v) is 4.60. The highest BCUT2D eigenvalue weighted by Crippen LogP contribution is 2.15. The largest absolute Gasteiger partial charge is 0.339 e. The van der Waals surface area contributed by atoms with E-state index >= 15 is 0 Å². The van der Waals surface area contributed by atoms with E-state index in [2.05, 4.69) is 43.1 Å². The van der Waals surface area contributed by atoms with Crippen molar-refractivity contribution in [3.8, 4) is 0 Å². The van der Waals surface area contributed by atoms with Gasteiger partial charge < -0.3 is 9.80 Å². The second-order valence-electron chi connectivity index (χ2n) is 6.46. The van der Waals surface area contributed by atoms with Crippen molar-refractivity contribution in [2.24, 2.45) is 0 Å². The number of hydrogen-bond acceptors (Lipinski definition) is 2. The quantitative estimate of drug-likeness (QED) is 0.780. The van der Waals surface area contributed by atoms with Crippen molar-refractivity contribution in [3.05, 3.63) is 47.5 Å². The zero-order valence-electron chi connectivity index (χ0n) is 14.1. The van der Waals surface area contributed by atoms with Crippen molar-refractivity contribution in [2.75, 3.05) is 27.2 Å². The number of nitrogens with zero attached hydrogens (tertiary/aromatic N) is 2. The average Bonchev–Trinajstić information content (AvgIpc) is 2.54. The molecule has 1 heterocycles. The van der Waals surface area contributed by atoms with Crippen LogP contribution in [0.15, 0.2) is 42.0 Å². The lowest BCUT2D eigenvalue weighted by atomic mass is 10.0. The van der Waals surface area contributed by atoms with E-state index in [1.165, 1.54) is 5.56 Å². The molecule has 1 aliphatic rings. The number of benzene rings is 1. The Bertz CT molecular complexity index is 501. The number of likely N-dealkylation sites (tertiary alicyclic amines) is 1. The predicted molar refractivity (Wildman–Crippen MR) is 91.8 cm³/mol. The first-order chi connectivity index (χ1) is 10.6. The second-order valence-corrected chi connectivity index (χ2v) is 6.46. The first-order valence-electron chi connectivity index (χ1n) is 8.22. The lowest BCUT2D eigenvalue weighted by Crippen LogP contribution is -2.44. The summed E-state index contributed by atoms with van der Waals surface area (Å²) >= 11 is 0. The van der Waals surface area contributed by atoms with Gasteiger partial charge in [-0.3, -0.25) is 4.79 Å². The number of carbonyl (C=O) groups is 1. The molecule has 1 aromatic rings. The molecule has 0 saturated carbocycles. The normalized spacial score (nSPS) is 17.5. The number of likely N-dealkylation sites (N-methyl/N-ethyl adjacent to an activating group) is 1. The van der Waals surface area contributed by atoms with Crippen LogP contribution in [0.2, 0.25) is 0 Å². The SMILES string of the molecule is C/C(=C\C(=O)N(C)C1CCN(C)CC1)CCc1ccccc1. The van der Waals surface area contributed by atoms with Crippen LogP contribution in [0.25, 0.3) is 0 Å². The van der Waals surface area contributed by atoms with Gasteiger partial charge >= 0.3 is 0 Å². The van der Waals surface area contributed by atoms with Crippen LogP contribution in [0, 0.1) is 0 Å². The molecule has 1 aliphatic heterocycles. The summed E-state index contributed by atoms with van der Waals surface area (Å²) in [7, 11) is 4.09. The minimum Gasteiger partial charge on any atom is -0.339 e. The summed E-state index contributed by atoms with van der Waals surface area (Å²) in [6.07, 6.45) is 5.91. The Hall–Kier alpha value is -1.61. The average molecular weight is 300 g/mol. The second kappa shape index (κ2) is 8.14. The highest BCUT2D eigenvalue weighted by Gasteiger charge is 2.22. The van der Waals surface area contributed by atoms with Gasteiger partial charge in [-0.2, -0.15) is 0 Å². The summed E-state index contributed by atoms with van der Waals surface area (Å²) in [5.74, 6) is 0.153. The minimum absolute atomic E-state index is 0.153. The summed E-state index contributed by atoms with van der Waals surface area (Å²) in [5, 5.41) is 0. The Morgan fingerprint density at radius 1 is 1.27 bits per heavy atom. The van der Waals surface area contributed by atoms with Crippen LogP contribution >= 0.6 is 0 Å². The highest BCUT2D eigenvalue weighted by atomic mass is 16.2. The Labute approximate surface area is 134 Å². The molecule has 22 heavy (non-hydrogen) atoms. The number of hydrogen-bond donors (Lipinski definition) is 0. The van der Waals surface area contributed by atoms with Gasteiger partial charge in [-0.05, 0) is 58.3 Å². The fourth-order valence-corrected chi connectivity index (χ4v) is 2.93. The molecule has 3 nitrogen and oxygen atoms in total. The lowest BCUT2D eigenvalue weighted by molar-refractivity contribution is -0.127. The third-order valence-electron chi connectivity index (χ3n) is 4.60. The van der Waals surface area contributed by atoms with E-state index in [1.54, 1.807) is 0 Å². The molecule has 0 atom stereocenters. The van der Waals surface area contributed by atoms with Crippen molar-refractivity contribution in [1.82, 2.24) is 9.80 Å². The van der Waals surface area contributed by atoms with Gasteiger partial charge in [0.05, 0.1) is 0 Å². The molecule has 0 radical (unpaired) electrons. The van der Waals surface area contributed by atoms with E-state index < -0.39 is 0 Å². The maximum absolute atomic E-state index is 12.4. The van der Waals surface area contributed by atoms with E-state index in [9.17, 15) is 4.79 Å². The van der Waals surface area contributed by atoms with Crippen molar-refractivity contribution in [2.45, 2.75) is 38.6 Å². The topological polar surface area (TPSA) is 23.6 Å². The smallest absolute Gasteiger partial charge is 0.246 e. The van der Waals surface area contributed by atoms with Gasteiger partial charge in [0.25, 0.3) is 0 Å². The van der Waals surface area contributed by atoms with E-state index in [-0.39, 0.29) is 5.91 Å². The van der Waals surface area contributed by atoms with Crippen molar-refractivity contribution in [3.63, 3.8) is 0 Å². The molecule has 1 saturated heterocycles. The zero-order chi connectivity index (χ0) is 15.9. The number of piperidine rings is 1. The van der Waals surface area contributed by atoms with Gasteiger partial charge in [0.2, 0.25) is 5.91 Å². The number of carbonyl (C=O) groups excluding carboxylic acids is 1. The molecule has 3 heteroatoms. The molecular formula is C19H28N2O. The Morgan fingerprint density at radius 3 is 2.55 bits per heavy atom. The molecule has 1 amide bonds. The van der Waals surface area contributed by atoms with Gasteiger partial charge in [-0.25, -0.2) is 0 Å². The number of rotatable bonds is 5. The number of amides is 1. The van der Waals surface area contributed by atoms with Crippen LogP contribution in [0.1, 0.15) is 31.7 Å². The molecule has 0 aliphatic carbocycles. The van der Waals surface area contributed by atoms with Crippen LogP contribution in [0.3, 0.4) is 0 Å². The van der Waals surface area contributed by atoms with Crippen LogP contribution in [-0.4, -0.2) is 48.9 Å². The fourth-order valence-electron chi connectivity index (χ4n) is 2.93. The zero-order valence-corrected chi connectivity index (χ0v) is 14.1. The maximum Gasteiger partial charge on any atom is 0.246 e. The Morgan fingerprint density at radius 2 is 1.91 bits per heavy atom. The van der Waals surface area contributed by atoms with Crippen LogP contribution in [0.5, 0.6) is 0 Å². The van der Waals surface area contributed by atoms with Gasteiger partial charge in [0.1, 0.15) is 0 Å². The molecular weight excluding hydrogens is 272 g/mol. The summed E-state index contributed by atoms with van der Waals surface area (Å²) in [6, 6.07) is 10.8. The molecule has 120 valence electrons. The molecule has 0 N–H and O–H groups in total. The van der Waals surface area contributed by atoms with Crippen molar-refractivity contribution < 1.29 is 4.79 Å². The molecule has 1 fully saturated rings. The summed E-state index contributed by atoms with van der Waals surface area (Å²) in [4.78, 5) is 16.6. The van der Waals surface area contributed by atoms with E-state index in [4.69, 9.17) is 0 Å². The predicted octanol–water partition coefficient (Wildman–Crippen LogP) is 3.12. The minimum atomic E-state index is 0.153. The molecule has 0 unspecified atom stereocenters. The molecule has 0 bridgehead atoms. The first-order valence-corrected chi connectivity index (χ1v) is 8.22. The van der Waals surface area contributed by atoms with Gasteiger partial charge in [-0.15, -0.1) is 0 Å². The number of allylic oxidation sites excluding steroid dienone is 1. The van der Waals surface area contributed by atoms with E-state index in [0.29, 0.717) is 6.04 Å². The van der Waals surface area contributed by atoms with Crippen LogP contribution in [-0.2, 0) is 11.2 Å². The molecule has 2 rings (SSSR count). The standard InChI is InChI=1S/C19H28N2O/c1-16(9-10-17-7-5-4-6-8-17)15-19(22)21(3)18-11-13-20(2)14-12-18/h4-8,15,18H,9-14H2,1-3H3/b16-15+. The van der Waals surface area contributed by atoms with Crippen LogP contribution in [0.4, 0.5) is 0 Å². The third kappa shape index (κ3) is 4.99. The van der Waals surface area contributed by atoms with E-state index in [1.807, 2.05) is 24.1 Å². The monoisotopic (exact) mass is 300 g/mol. The molecule has 0 aromatic heterocycles. The number of aryl methyl sites for hydroxylation is 1. The van der Waals surface area contributed by atoms with Crippen molar-refractivity contribution in [1.29, 1.82) is 0 Å². The van der Waals surface area contributed by atoms with E-state index in [0.717, 1.165) is 44.3 Å². The van der Waals surface area contributed by atoms with Crippen LogP contribution < -0.4 is 0 Å². The maximum atomic E-state index is 12.4. The van der Waals surface area contributed by atoms with Gasteiger partial charge in [0, 0.05) is 19.2 Å². The first kappa shape index (κ1) is 16.8. The summed E-state index contributed by atoms with van der Waals surface area (Å²) in [5.41, 5.74) is 2.49. The lowest BCUT2D eigenvalue weighted by Gasteiger charge is -2.34. The summed E-state index contributed by atoms with van der Waals surface area (Å²) in [6.45, 7) is 4.22. The van der Waals surface area contributed by atoms with Gasteiger partial charge in [0.15, 0.2) is 0 Å². The summed E-state index contributed by atoms with van der Waals surface area (Å²) < 4.78 is 0. The van der Waals surface area contributed by atoms with Crippen molar-refractivity contribution >= 4 is 5.91 Å². The Kier molecular flexibility index (Phi) is 6.20. The van der Waals surface area contributed by atoms with Gasteiger partial charge in [-0.1, -0.05) is 35.9 Å².